The first kappa shape index (κ1) is 25.5. The first-order chi connectivity index (χ1) is 15.4. The second kappa shape index (κ2) is 13.0. The van der Waals surface area contributed by atoms with Gasteiger partial charge in [-0.05, 0) is 55.3 Å². The maximum atomic E-state index is 6.06. The Kier molecular flexibility index (Phi) is 10.4. The first-order valence-electron chi connectivity index (χ1n) is 11.3. The Morgan fingerprint density at radius 2 is 1.69 bits per heavy atom. The van der Waals surface area contributed by atoms with E-state index < -0.39 is 0 Å². The van der Waals surface area contributed by atoms with Crippen molar-refractivity contribution >= 4 is 17.3 Å². The molecule has 0 fully saturated rings. The molecule has 1 N–H and O–H groups in total. The molecule has 0 amide bonds. The van der Waals surface area contributed by atoms with Crippen LogP contribution in [0.2, 0.25) is 5.02 Å². The van der Waals surface area contributed by atoms with E-state index in [9.17, 15) is 0 Å². The zero-order chi connectivity index (χ0) is 23.5. The second-order valence-electron chi connectivity index (χ2n) is 7.78. The highest BCUT2D eigenvalue weighted by Gasteiger charge is 2.18. The van der Waals surface area contributed by atoms with E-state index in [1.165, 1.54) is 12.0 Å². The summed E-state index contributed by atoms with van der Waals surface area (Å²) < 4.78 is 7.53. The molecule has 0 aliphatic carbocycles. The van der Waals surface area contributed by atoms with Crippen LogP contribution in [0.1, 0.15) is 57.0 Å². The summed E-state index contributed by atoms with van der Waals surface area (Å²) in [5.74, 6) is 1.74. The van der Waals surface area contributed by atoms with Crippen LogP contribution in [0, 0.1) is 6.92 Å². The molecule has 0 unspecified atom stereocenters. The highest BCUT2D eigenvalue weighted by Crippen LogP contribution is 2.28. The smallest absolute Gasteiger partial charge is 0.141 e. The Bertz CT molecular complexity index is 975. The van der Waals surface area contributed by atoms with Crippen molar-refractivity contribution in [3.63, 3.8) is 0 Å². The molecule has 0 radical (unpaired) electrons. The van der Waals surface area contributed by atoms with Gasteiger partial charge < -0.3 is 14.6 Å². The molecular weight excluding hydrogens is 418 g/mol. The van der Waals surface area contributed by atoms with Crippen LogP contribution in [0.5, 0.6) is 5.75 Å². The molecule has 0 saturated carbocycles. The topological polar surface area (TPSA) is 39.1 Å². The molecule has 1 heterocycles. The lowest BCUT2D eigenvalue weighted by Gasteiger charge is -2.12. The molecule has 3 aromatic rings. The van der Waals surface area contributed by atoms with Crippen molar-refractivity contribution in [1.82, 2.24) is 14.9 Å². The zero-order valence-electron chi connectivity index (χ0n) is 20.0. The van der Waals surface area contributed by atoms with Gasteiger partial charge in [-0.25, -0.2) is 4.98 Å². The van der Waals surface area contributed by atoms with Gasteiger partial charge >= 0.3 is 0 Å². The van der Waals surface area contributed by atoms with Crippen molar-refractivity contribution < 1.29 is 4.74 Å². The van der Waals surface area contributed by atoms with E-state index in [1.54, 1.807) is 7.11 Å². The van der Waals surface area contributed by atoms with Crippen molar-refractivity contribution in [3.8, 4) is 17.1 Å². The lowest BCUT2D eigenvalue weighted by atomic mass is 10.2. The van der Waals surface area contributed by atoms with Crippen LogP contribution in [0.4, 0.5) is 0 Å². The number of nitrogens with zero attached hydrogens (tertiary/aromatic N) is 2. The van der Waals surface area contributed by atoms with E-state index in [2.05, 4.69) is 44.2 Å². The summed E-state index contributed by atoms with van der Waals surface area (Å²) >= 11 is 6.06. The highest BCUT2D eigenvalue weighted by atomic mass is 35.5. The van der Waals surface area contributed by atoms with Crippen molar-refractivity contribution in [2.45, 2.75) is 53.5 Å². The van der Waals surface area contributed by atoms with Crippen LogP contribution < -0.4 is 10.1 Å². The van der Waals surface area contributed by atoms with Crippen LogP contribution in [-0.4, -0.2) is 23.2 Å². The van der Waals surface area contributed by atoms with E-state index in [4.69, 9.17) is 21.3 Å². The number of nitrogens with one attached hydrogen (secondary N) is 1. The summed E-state index contributed by atoms with van der Waals surface area (Å²) in [4.78, 5) is 4.96. The minimum Gasteiger partial charge on any atom is -0.497 e. The fraction of sp³-hybridized carbons (Fsp3) is 0.370. The van der Waals surface area contributed by atoms with E-state index in [1.807, 2.05) is 48.5 Å². The third-order valence-corrected chi connectivity index (χ3v) is 5.23. The molecule has 32 heavy (non-hydrogen) atoms. The number of rotatable bonds is 9. The average molecular weight is 454 g/mol. The van der Waals surface area contributed by atoms with Gasteiger partial charge in [-0.3, -0.25) is 0 Å². The van der Waals surface area contributed by atoms with Crippen molar-refractivity contribution in [3.05, 3.63) is 77.1 Å². The summed E-state index contributed by atoms with van der Waals surface area (Å²) in [5.41, 5.74) is 5.05. The number of hydrogen-bond donors (Lipinski definition) is 1. The molecule has 3 rings (SSSR count). The second-order valence-corrected chi connectivity index (χ2v) is 8.21. The molecule has 0 saturated heterocycles. The molecule has 0 aliphatic rings. The Morgan fingerprint density at radius 1 is 1.06 bits per heavy atom. The molecule has 4 nitrogen and oxygen atoms in total. The number of halogens is 1. The number of methoxy groups -OCH3 is 1. The molecule has 172 valence electrons. The first-order valence-corrected chi connectivity index (χ1v) is 11.7. The maximum Gasteiger partial charge on any atom is 0.141 e. The summed E-state index contributed by atoms with van der Waals surface area (Å²) in [6.07, 6.45) is 3.50. The van der Waals surface area contributed by atoms with Gasteiger partial charge in [0.25, 0.3) is 0 Å². The SMILES string of the molecule is C=C(NCCCC)c1nc(-c2ccc(OC)cc2)n(Cc2ccc(Cl)cc2)c1C.CCC. The molecule has 0 spiro atoms. The largest absolute Gasteiger partial charge is 0.497 e. The van der Waals surface area contributed by atoms with Crippen molar-refractivity contribution in [2.75, 3.05) is 13.7 Å². The van der Waals surface area contributed by atoms with Crippen molar-refractivity contribution in [2.24, 2.45) is 0 Å². The molecule has 1 aromatic heterocycles. The Labute approximate surface area is 198 Å². The maximum absolute atomic E-state index is 6.06. The molecule has 0 aliphatic heterocycles. The van der Waals surface area contributed by atoms with Gasteiger partial charge in [0.1, 0.15) is 17.3 Å². The van der Waals surface area contributed by atoms with Crippen LogP contribution in [-0.2, 0) is 6.54 Å². The quantitative estimate of drug-likeness (QED) is 0.344. The average Bonchev–Trinajstić information content (AvgIpc) is 3.12. The van der Waals surface area contributed by atoms with Gasteiger partial charge in [-0.2, -0.15) is 0 Å². The number of benzene rings is 2. The fourth-order valence-corrected chi connectivity index (χ4v) is 3.37. The summed E-state index contributed by atoms with van der Waals surface area (Å²) in [5, 5.41) is 4.15. The van der Waals surface area contributed by atoms with Gasteiger partial charge in [-0.1, -0.05) is 63.9 Å². The van der Waals surface area contributed by atoms with E-state index in [0.717, 1.165) is 58.6 Å². The van der Waals surface area contributed by atoms with Gasteiger partial charge in [0, 0.05) is 29.4 Å². The Hall–Kier alpha value is -2.72. The fourth-order valence-electron chi connectivity index (χ4n) is 3.25. The van der Waals surface area contributed by atoms with Gasteiger partial charge in [0.2, 0.25) is 0 Å². The van der Waals surface area contributed by atoms with Gasteiger partial charge in [-0.15, -0.1) is 0 Å². The van der Waals surface area contributed by atoms with E-state index >= 15 is 0 Å². The lowest BCUT2D eigenvalue weighted by molar-refractivity contribution is 0.415. The molecule has 5 heteroatoms. The number of hydrogen-bond acceptors (Lipinski definition) is 3. The Balaban J connectivity index is 0.00000114. The van der Waals surface area contributed by atoms with Crippen LogP contribution in [0.25, 0.3) is 17.1 Å². The predicted octanol–water partition coefficient (Wildman–Crippen LogP) is 7.35. The third kappa shape index (κ3) is 6.89. The predicted molar refractivity (Wildman–Crippen MR) is 137 cm³/mol. The van der Waals surface area contributed by atoms with Crippen molar-refractivity contribution in [1.29, 1.82) is 0 Å². The molecule has 0 atom stereocenters. The number of aromatic nitrogens is 2. The van der Waals surface area contributed by atoms with Gasteiger partial charge in [0.15, 0.2) is 0 Å². The monoisotopic (exact) mass is 453 g/mol. The van der Waals surface area contributed by atoms with Crippen LogP contribution in [0.3, 0.4) is 0 Å². The summed E-state index contributed by atoms with van der Waals surface area (Å²) in [7, 11) is 1.67. The van der Waals surface area contributed by atoms with Crippen LogP contribution in [0.15, 0.2) is 55.1 Å². The van der Waals surface area contributed by atoms with E-state index in [0.29, 0.717) is 6.54 Å². The number of ether oxygens (including phenoxy) is 1. The summed E-state index contributed by atoms with van der Waals surface area (Å²) in [6, 6.07) is 15.9. The summed E-state index contributed by atoms with van der Waals surface area (Å²) in [6.45, 7) is 14.4. The van der Waals surface area contributed by atoms with E-state index in [-0.39, 0.29) is 0 Å². The van der Waals surface area contributed by atoms with Gasteiger partial charge in [0.05, 0.1) is 12.8 Å². The standard InChI is InChI=1S/C24H28ClN3O.C3H8/c1-5-6-15-26-17(2)23-18(3)28(16-19-7-11-21(25)12-8-19)24(27-23)20-9-13-22(29-4)14-10-20;1-3-2/h7-14,26H,2,5-6,15-16H2,1,3-4H3;3H2,1-2H3. The Morgan fingerprint density at radius 3 is 2.25 bits per heavy atom. The highest BCUT2D eigenvalue weighted by molar-refractivity contribution is 6.30. The zero-order valence-corrected chi connectivity index (χ0v) is 20.8. The van der Waals surface area contributed by atoms with Crippen LogP contribution >= 0.6 is 11.6 Å². The lowest BCUT2D eigenvalue weighted by Crippen LogP contribution is -2.14. The minimum atomic E-state index is 0.708. The molecule has 2 aromatic carbocycles. The number of imidazole rings is 1. The third-order valence-electron chi connectivity index (χ3n) is 4.98. The molecule has 0 bridgehead atoms. The normalized spacial score (nSPS) is 10.3. The minimum absolute atomic E-state index is 0.708. The molecular formula is C27H36ClN3O. The number of unbranched alkanes of at least 4 members (excludes halogenated alkanes) is 1.